The maximum atomic E-state index is 5.71. The minimum Gasteiger partial charge on any atom is -0.491 e. The van der Waals surface area contributed by atoms with E-state index in [2.05, 4.69) is 10.6 Å². The number of nitrogens with one attached hydrogen (secondary N) is 2. The topological polar surface area (TPSA) is 64.1 Å². The molecule has 0 radical (unpaired) electrons. The first-order valence-corrected chi connectivity index (χ1v) is 11.1. The van der Waals surface area contributed by atoms with E-state index in [1.54, 1.807) is 7.11 Å². The molecule has 0 saturated heterocycles. The Hall–Kier alpha value is -1.79. The van der Waals surface area contributed by atoms with Crippen molar-refractivity contribution in [3.63, 3.8) is 0 Å². The molecule has 2 N–H and O–H groups in total. The molecule has 0 unspecified atom stereocenters. The Labute approximate surface area is 176 Å². The number of aliphatic imine (C=N–C) groups is 1. The maximum absolute atomic E-state index is 5.71. The van der Waals surface area contributed by atoms with Gasteiger partial charge in [0.15, 0.2) is 5.96 Å². The molecule has 0 aliphatic heterocycles. The average molecular weight is 406 g/mol. The maximum Gasteiger partial charge on any atom is 0.195 e. The third-order valence-electron chi connectivity index (χ3n) is 4.57. The highest BCUT2D eigenvalue weighted by molar-refractivity contribution is 5.93. The van der Waals surface area contributed by atoms with Gasteiger partial charge >= 0.3 is 0 Å². The SMILES string of the molecule is COCCCCCNC(=NCCCOCC1CC1)Nc1ccc(OC(C)C)cc1. The van der Waals surface area contributed by atoms with Crippen molar-refractivity contribution in [1.29, 1.82) is 0 Å². The number of hydrogen-bond acceptors (Lipinski definition) is 4. The molecule has 164 valence electrons. The standard InChI is InChI=1S/C23H39N3O3/c1-19(2)29-22-12-10-21(11-13-22)26-23(24-14-5-4-6-16-27-3)25-15-7-17-28-18-20-8-9-20/h10-13,19-20H,4-9,14-18H2,1-3H3,(H2,24,25,26). The van der Waals surface area contributed by atoms with Crippen molar-refractivity contribution in [1.82, 2.24) is 5.32 Å². The lowest BCUT2D eigenvalue weighted by molar-refractivity contribution is 0.123. The van der Waals surface area contributed by atoms with Crippen LogP contribution in [0.5, 0.6) is 5.75 Å². The van der Waals surface area contributed by atoms with Gasteiger partial charge in [-0.15, -0.1) is 0 Å². The van der Waals surface area contributed by atoms with Gasteiger partial charge in [-0.05, 0) is 82.6 Å². The van der Waals surface area contributed by atoms with Crippen LogP contribution in [0.15, 0.2) is 29.3 Å². The first-order valence-electron chi connectivity index (χ1n) is 11.1. The van der Waals surface area contributed by atoms with Crippen molar-refractivity contribution < 1.29 is 14.2 Å². The number of hydrogen-bond donors (Lipinski definition) is 2. The van der Waals surface area contributed by atoms with Gasteiger partial charge < -0.3 is 24.8 Å². The zero-order valence-electron chi connectivity index (χ0n) is 18.4. The molecule has 0 spiro atoms. The number of anilines is 1. The minimum atomic E-state index is 0.174. The molecule has 6 nitrogen and oxygen atoms in total. The van der Waals surface area contributed by atoms with Crippen molar-refractivity contribution in [3.8, 4) is 5.75 Å². The zero-order valence-corrected chi connectivity index (χ0v) is 18.4. The monoisotopic (exact) mass is 405 g/mol. The number of nitrogens with zero attached hydrogens (tertiary/aromatic N) is 1. The van der Waals surface area contributed by atoms with E-state index in [0.717, 1.165) is 81.9 Å². The van der Waals surface area contributed by atoms with Gasteiger partial charge in [-0.1, -0.05) is 0 Å². The molecule has 0 atom stereocenters. The summed E-state index contributed by atoms with van der Waals surface area (Å²) in [5.74, 6) is 2.51. The summed E-state index contributed by atoms with van der Waals surface area (Å²) in [7, 11) is 1.75. The number of guanidine groups is 1. The highest BCUT2D eigenvalue weighted by Crippen LogP contribution is 2.28. The summed E-state index contributed by atoms with van der Waals surface area (Å²) in [4.78, 5) is 4.71. The quantitative estimate of drug-likeness (QED) is 0.256. The normalized spacial score (nSPS) is 14.3. The van der Waals surface area contributed by atoms with Crippen LogP contribution in [-0.4, -0.2) is 52.1 Å². The highest BCUT2D eigenvalue weighted by Gasteiger charge is 2.20. The molecule has 0 heterocycles. The van der Waals surface area contributed by atoms with Gasteiger partial charge in [0, 0.05) is 45.7 Å². The van der Waals surface area contributed by atoms with Gasteiger partial charge in [-0.3, -0.25) is 4.99 Å². The fourth-order valence-corrected chi connectivity index (χ4v) is 2.81. The Morgan fingerprint density at radius 1 is 1.07 bits per heavy atom. The molecule has 29 heavy (non-hydrogen) atoms. The molecule has 2 rings (SSSR count). The Kier molecular flexibility index (Phi) is 11.5. The van der Waals surface area contributed by atoms with Crippen molar-refractivity contribution >= 4 is 11.6 Å². The molecule has 6 heteroatoms. The van der Waals surface area contributed by atoms with Gasteiger partial charge in [-0.25, -0.2) is 0 Å². The molecular weight excluding hydrogens is 366 g/mol. The lowest BCUT2D eigenvalue weighted by atomic mass is 10.2. The molecule has 0 amide bonds. The molecule has 0 bridgehead atoms. The van der Waals surface area contributed by atoms with Crippen molar-refractivity contribution in [3.05, 3.63) is 24.3 Å². The first kappa shape index (κ1) is 23.5. The van der Waals surface area contributed by atoms with Crippen LogP contribution in [0.1, 0.15) is 52.4 Å². The smallest absolute Gasteiger partial charge is 0.195 e. The molecular formula is C23H39N3O3. The molecule has 1 aliphatic carbocycles. The van der Waals surface area contributed by atoms with Gasteiger partial charge in [0.1, 0.15) is 5.75 Å². The summed E-state index contributed by atoms with van der Waals surface area (Å²) in [5, 5.41) is 6.84. The number of benzene rings is 1. The van der Waals surface area contributed by atoms with E-state index < -0.39 is 0 Å². The number of methoxy groups -OCH3 is 1. The van der Waals surface area contributed by atoms with E-state index in [-0.39, 0.29) is 6.10 Å². The molecule has 1 aromatic carbocycles. The van der Waals surface area contributed by atoms with Crippen LogP contribution in [0.3, 0.4) is 0 Å². The fraction of sp³-hybridized carbons (Fsp3) is 0.696. The Balaban J connectivity index is 1.77. The van der Waals surface area contributed by atoms with Crippen LogP contribution in [0.4, 0.5) is 5.69 Å². The Morgan fingerprint density at radius 3 is 2.55 bits per heavy atom. The van der Waals surface area contributed by atoms with Crippen molar-refractivity contribution in [2.24, 2.45) is 10.9 Å². The number of rotatable bonds is 15. The highest BCUT2D eigenvalue weighted by atomic mass is 16.5. The Bertz CT molecular complexity index is 571. The second-order valence-corrected chi connectivity index (χ2v) is 7.90. The predicted octanol–water partition coefficient (Wildman–Crippen LogP) is 4.46. The van der Waals surface area contributed by atoms with Crippen LogP contribution in [0.2, 0.25) is 0 Å². The molecule has 1 aromatic rings. The van der Waals surface area contributed by atoms with E-state index >= 15 is 0 Å². The van der Waals surface area contributed by atoms with Crippen LogP contribution in [0, 0.1) is 5.92 Å². The van der Waals surface area contributed by atoms with Crippen molar-refractivity contribution in [2.45, 2.75) is 58.5 Å². The predicted molar refractivity (Wildman–Crippen MR) is 120 cm³/mol. The second-order valence-electron chi connectivity index (χ2n) is 7.90. The van der Waals surface area contributed by atoms with Crippen LogP contribution in [0.25, 0.3) is 0 Å². The third kappa shape index (κ3) is 11.7. The van der Waals surface area contributed by atoms with E-state index in [1.165, 1.54) is 12.8 Å². The van der Waals surface area contributed by atoms with Crippen LogP contribution >= 0.6 is 0 Å². The molecule has 1 saturated carbocycles. The lowest BCUT2D eigenvalue weighted by Gasteiger charge is -2.14. The largest absolute Gasteiger partial charge is 0.491 e. The third-order valence-corrected chi connectivity index (χ3v) is 4.57. The van der Waals surface area contributed by atoms with Crippen LogP contribution < -0.4 is 15.4 Å². The molecule has 0 aromatic heterocycles. The number of ether oxygens (including phenoxy) is 3. The van der Waals surface area contributed by atoms with Crippen LogP contribution in [-0.2, 0) is 9.47 Å². The summed E-state index contributed by atoms with van der Waals surface area (Å²) in [6, 6.07) is 8.01. The van der Waals surface area contributed by atoms with Gasteiger partial charge in [0.2, 0.25) is 0 Å². The summed E-state index contributed by atoms with van der Waals surface area (Å²) in [5.41, 5.74) is 0.997. The van der Waals surface area contributed by atoms with Crippen molar-refractivity contribution in [2.75, 3.05) is 45.3 Å². The summed E-state index contributed by atoms with van der Waals surface area (Å²) >= 11 is 0. The van der Waals surface area contributed by atoms with Gasteiger partial charge in [-0.2, -0.15) is 0 Å². The molecule has 1 fully saturated rings. The summed E-state index contributed by atoms with van der Waals surface area (Å²) in [6.45, 7) is 8.22. The molecule has 1 aliphatic rings. The zero-order chi connectivity index (χ0) is 20.7. The number of unbranched alkanes of at least 4 members (excludes halogenated alkanes) is 2. The second kappa shape index (κ2) is 14.2. The van der Waals surface area contributed by atoms with E-state index in [9.17, 15) is 0 Å². The van der Waals surface area contributed by atoms with Gasteiger partial charge in [0.25, 0.3) is 0 Å². The summed E-state index contributed by atoms with van der Waals surface area (Å²) in [6.07, 6.45) is 7.11. The van der Waals surface area contributed by atoms with E-state index in [4.69, 9.17) is 19.2 Å². The van der Waals surface area contributed by atoms with Gasteiger partial charge in [0.05, 0.1) is 6.10 Å². The first-order chi connectivity index (χ1) is 14.2. The summed E-state index contributed by atoms with van der Waals surface area (Å²) < 4.78 is 16.5. The van der Waals surface area contributed by atoms with E-state index in [0.29, 0.717) is 0 Å². The van der Waals surface area contributed by atoms with E-state index in [1.807, 2.05) is 38.1 Å². The average Bonchev–Trinajstić information content (AvgIpc) is 3.52. The lowest BCUT2D eigenvalue weighted by Crippen LogP contribution is -2.32. The fourth-order valence-electron chi connectivity index (χ4n) is 2.81. The Morgan fingerprint density at radius 2 is 1.86 bits per heavy atom. The minimum absolute atomic E-state index is 0.174.